The number of ether oxygens (including phenoxy) is 6. The molecule has 11 heteroatoms. The van der Waals surface area contributed by atoms with E-state index in [0.29, 0.717) is 95.7 Å². The third-order valence-electron chi connectivity index (χ3n) is 8.84. The Labute approximate surface area is 270 Å². The molecule has 0 saturated carbocycles. The Bertz CT molecular complexity index is 2120. The Morgan fingerprint density at radius 1 is 0.660 bits per heavy atom. The van der Waals surface area contributed by atoms with E-state index in [4.69, 9.17) is 33.5 Å². The topological polar surface area (TPSA) is 150 Å². The van der Waals surface area contributed by atoms with E-state index >= 15 is 0 Å². The molecule has 248 valence electrons. The van der Waals surface area contributed by atoms with Crippen LogP contribution in [0.3, 0.4) is 0 Å². The van der Waals surface area contributed by atoms with Crippen molar-refractivity contribution >= 4 is 49.2 Å². The third kappa shape index (κ3) is 5.33. The lowest BCUT2D eigenvalue weighted by Gasteiger charge is -2.24. The van der Waals surface area contributed by atoms with Crippen LogP contribution in [0.4, 0.5) is 0 Å². The summed E-state index contributed by atoms with van der Waals surface area (Å²) >= 11 is 0. The summed E-state index contributed by atoms with van der Waals surface area (Å²) in [4.78, 5) is 27.4. The molecule has 1 aliphatic rings. The molecule has 6 rings (SSSR count). The lowest BCUT2D eigenvalue weighted by atomic mass is 9.82. The number of fused-ring (bicyclic) bond motifs is 1. The smallest absolute Gasteiger partial charge is 0.194 e. The van der Waals surface area contributed by atoms with E-state index in [1.807, 2.05) is 13.0 Å². The van der Waals surface area contributed by atoms with Crippen molar-refractivity contribution in [1.82, 2.24) is 0 Å². The van der Waals surface area contributed by atoms with Crippen molar-refractivity contribution in [3.8, 4) is 28.7 Å². The van der Waals surface area contributed by atoms with Gasteiger partial charge in [-0.1, -0.05) is 11.6 Å². The molecular formula is C36H38O11. The summed E-state index contributed by atoms with van der Waals surface area (Å²) in [6.07, 6.45) is 3.33. The quantitative estimate of drug-likeness (QED) is 0.0850. The van der Waals surface area contributed by atoms with Crippen LogP contribution in [0.1, 0.15) is 30.0 Å². The van der Waals surface area contributed by atoms with E-state index in [0.717, 1.165) is 11.1 Å². The molecule has 3 N–H and O–H groups in total. The van der Waals surface area contributed by atoms with Gasteiger partial charge in [-0.05, 0) is 42.5 Å². The number of aromatic hydroxyl groups is 2. The number of hydrogen-bond donors (Lipinski definition) is 3. The van der Waals surface area contributed by atoms with Crippen LogP contribution in [0.15, 0.2) is 27.3 Å². The highest BCUT2D eigenvalue weighted by atomic mass is 16.5. The second kappa shape index (κ2) is 13.4. The van der Waals surface area contributed by atoms with Crippen LogP contribution >= 0.6 is 0 Å². The van der Waals surface area contributed by atoms with E-state index in [1.54, 1.807) is 0 Å². The molecule has 0 unspecified atom stereocenters. The van der Waals surface area contributed by atoms with Crippen LogP contribution in [-0.2, 0) is 27.1 Å². The van der Waals surface area contributed by atoms with Gasteiger partial charge in [0.1, 0.15) is 17.2 Å². The van der Waals surface area contributed by atoms with Gasteiger partial charge in [0, 0.05) is 51.4 Å². The van der Waals surface area contributed by atoms with Gasteiger partial charge in [0.05, 0.1) is 71.7 Å². The molecule has 0 aliphatic heterocycles. The van der Waals surface area contributed by atoms with Gasteiger partial charge in [-0.15, -0.1) is 0 Å². The maximum absolute atomic E-state index is 13.8. The summed E-state index contributed by atoms with van der Waals surface area (Å²) in [6.45, 7) is 4.14. The van der Waals surface area contributed by atoms with E-state index < -0.39 is 10.9 Å². The second-order valence-corrected chi connectivity index (χ2v) is 11.6. The number of phenolic OH excluding ortho intramolecular Hbond substituents is 2. The summed E-state index contributed by atoms with van der Waals surface area (Å²) in [7, 11) is 4.37. The average Bonchev–Trinajstić information content (AvgIpc) is 3.20. The highest BCUT2D eigenvalue weighted by Gasteiger charge is 2.32. The molecule has 0 radical (unpaired) electrons. The Morgan fingerprint density at radius 3 is 1.79 bits per heavy atom. The molecule has 5 aromatic rings. The molecule has 0 spiro atoms. The molecule has 11 nitrogen and oxygen atoms in total. The molecule has 1 aliphatic carbocycles. The van der Waals surface area contributed by atoms with Crippen LogP contribution in [0.25, 0.3) is 49.2 Å². The van der Waals surface area contributed by atoms with Gasteiger partial charge >= 0.3 is 0 Å². The fourth-order valence-electron chi connectivity index (χ4n) is 7.01. The van der Waals surface area contributed by atoms with Crippen molar-refractivity contribution in [2.75, 3.05) is 67.6 Å². The highest BCUT2D eigenvalue weighted by molar-refractivity contribution is 6.39. The third-order valence-corrected chi connectivity index (χ3v) is 8.84. The minimum Gasteiger partial charge on any atom is -0.507 e. The zero-order valence-electron chi connectivity index (χ0n) is 26.9. The Hall–Kier alpha value is -4.42. The summed E-state index contributed by atoms with van der Waals surface area (Å²) in [5.41, 5.74) is 2.06. The lowest BCUT2D eigenvalue weighted by molar-refractivity contribution is 0.00743. The molecule has 0 atom stereocenters. The van der Waals surface area contributed by atoms with E-state index in [-0.39, 0.29) is 52.7 Å². The van der Waals surface area contributed by atoms with Gasteiger partial charge in [0.25, 0.3) is 0 Å². The summed E-state index contributed by atoms with van der Waals surface area (Å²) in [6, 6.07) is 2.66. The van der Waals surface area contributed by atoms with Crippen molar-refractivity contribution in [3.63, 3.8) is 0 Å². The molecule has 0 heterocycles. The van der Waals surface area contributed by atoms with Crippen LogP contribution in [0.2, 0.25) is 0 Å². The molecule has 0 aromatic heterocycles. The fourth-order valence-corrected chi connectivity index (χ4v) is 7.01. The van der Waals surface area contributed by atoms with Gasteiger partial charge in [-0.25, -0.2) is 0 Å². The number of phenols is 2. The maximum Gasteiger partial charge on any atom is 0.194 e. The number of rotatable bonds is 15. The van der Waals surface area contributed by atoms with Crippen molar-refractivity contribution in [2.45, 2.75) is 26.2 Å². The van der Waals surface area contributed by atoms with Crippen molar-refractivity contribution in [3.05, 3.63) is 54.8 Å². The standard InChI is InChI=1S/C36H38O11/c1-18-14-20-19(6-5-8-45-10-12-47-13-11-46-9-7-37)34(40)28-22(38)16-24(42-2)30-31-25(43-3)17-23(39)29-33(31)27(26(20)32(28)30)21(15-18)36(44-4)35(29)41/h14,16-17,37,40-41H,5-13,15H2,1-4H3. The van der Waals surface area contributed by atoms with E-state index in [1.165, 1.54) is 33.5 Å². The zero-order chi connectivity index (χ0) is 33.4. The Morgan fingerprint density at radius 2 is 1.21 bits per heavy atom. The summed E-state index contributed by atoms with van der Waals surface area (Å²) < 4.78 is 33.7. The first-order chi connectivity index (χ1) is 22.8. The Kier molecular flexibility index (Phi) is 9.25. The van der Waals surface area contributed by atoms with Crippen LogP contribution in [-0.4, -0.2) is 82.9 Å². The van der Waals surface area contributed by atoms with Crippen molar-refractivity contribution in [1.29, 1.82) is 0 Å². The number of methoxy groups -OCH3 is 3. The number of hydrogen-bond acceptors (Lipinski definition) is 11. The SMILES string of the molecule is COc1c(O)c2c(=O)cc(OC)c3c4c(OC)cc(=O)c5c(O)c(CCCOCCOCCOCCO)c6c(c(c1CC(C)=C6)c23)c54. The first-order valence-electron chi connectivity index (χ1n) is 15.5. The normalized spacial score (nSPS) is 12.9. The first kappa shape index (κ1) is 32.5. The number of aliphatic hydroxyl groups excluding tert-OH is 1. The Balaban J connectivity index is 1.56. The monoisotopic (exact) mass is 646 g/mol. The molecule has 47 heavy (non-hydrogen) atoms. The van der Waals surface area contributed by atoms with Crippen molar-refractivity contribution in [2.24, 2.45) is 0 Å². The van der Waals surface area contributed by atoms with Gasteiger partial charge in [-0.2, -0.15) is 0 Å². The summed E-state index contributed by atoms with van der Waals surface area (Å²) in [5.74, 6) is 0.335. The van der Waals surface area contributed by atoms with Gasteiger partial charge < -0.3 is 43.7 Å². The predicted octanol–water partition coefficient (Wildman–Crippen LogP) is 4.27. The minimum absolute atomic E-state index is 0.0301. The fraction of sp³-hybridized carbons (Fsp3) is 0.389. The number of allylic oxidation sites excluding steroid dienone is 1. The second-order valence-electron chi connectivity index (χ2n) is 11.6. The molecule has 5 aromatic carbocycles. The molecule has 0 amide bonds. The lowest BCUT2D eigenvalue weighted by Crippen LogP contribution is -2.11. The van der Waals surface area contributed by atoms with Crippen molar-refractivity contribution < 1.29 is 43.7 Å². The largest absolute Gasteiger partial charge is 0.507 e. The van der Waals surface area contributed by atoms with Crippen LogP contribution in [0.5, 0.6) is 28.7 Å². The number of aliphatic hydroxyl groups is 1. The summed E-state index contributed by atoms with van der Waals surface area (Å²) in [5, 5.41) is 35.7. The van der Waals surface area contributed by atoms with Gasteiger partial charge in [0.15, 0.2) is 22.4 Å². The molecule has 0 bridgehead atoms. The zero-order valence-corrected chi connectivity index (χ0v) is 26.9. The van der Waals surface area contributed by atoms with Gasteiger partial charge in [-0.3, -0.25) is 9.59 Å². The molecule has 0 saturated heterocycles. The maximum atomic E-state index is 13.8. The van der Waals surface area contributed by atoms with Crippen LogP contribution < -0.4 is 25.1 Å². The molecule has 0 fully saturated rings. The van der Waals surface area contributed by atoms with E-state index in [2.05, 4.69) is 0 Å². The predicted molar refractivity (Wildman–Crippen MR) is 180 cm³/mol. The van der Waals surface area contributed by atoms with Crippen LogP contribution in [0, 0.1) is 0 Å². The molecular weight excluding hydrogens is 608 g/mol. The minimum atomic E-state index is -0.438. The average molecular weight is 647 g/mol. The highest BCUT2D eigenvalue weighted by Crippen LogP contribution is 2.55. The first-order valence-corrected chi connectivity index (χ1v) is 15.5. The van der Waals surface area contributed by atoms with E-state index in [9.17, 15) is 19.8 Å². The number of benzene rings is 5. The van der Waals surface area contributed by atoms with Gasteiger partial charge in [0.2, 0.25) is 0 Å².